The number of rotatable bonds is 4. The van der Waals surface area contributed by atoms with Gasteiger partial charge in [0.25, 0.3) is 5.89 Å². The van der Waals surface area contributed by atoms with Gasteiger partial charge >= 0.3 is 0 Å². The maximum atomic E-state index is 15.6. The fraction of sp³-hybridized carbons (Fsp3) is 0.316. The molecule has 0 aliphatic carbocycles. The third-order valence-electron chi connectivity index (χ3n) is 4.55. The van der Waals surface area contributed by atoms with Crippen LogP contribution in [0.2, 0.25) is 5.02 Å². The molecule has 0 spiro atoms. The van der Waals surface area contributed by atoms with Crippen molar-refractivity contribution in [3.63, 3.8) is 0 Å². The summed E-state index contributed by atoms with van der Waals surface area (Å²) < 4.78 is 20.9. The van der Waals surface area contributed by atoms with Crippen LogP contribution in [0.5, 0.6) is 0 Å². The maximum Gasteiger partial charge on any atom is 0.265 e. The minimum absolute atomic E-state index is 0.0344. The van der Waals surface area contributed by atoms with Gasteiger partial charge in [0.05, 0.1) is 0 Å². The molecule has 26 heavy (non-hydrogen) atoms. The molecule has 1 saturated heterocycles. The Morgan fingerprint density at radius 3 is 3.00 bits per heavy atom. The third-order valence-corrected chi connectivity index (χ3v) is 4.78. The molecule has 1 fully saturated rings. The first-order valence-corrected chi connectivity index (χ1v) is 8.90. The fourth-order valence-corrected chi connectivity index (χ4v) is 3.53. The van der Waals surface area contributed by atoms with Crippen LogP contribution < -0.4 is 0 Å². The Morgan fingerprint density at radius 2 is 2.19 bits per heavy atom. The molecule has 1 aromatic carbocycles. The predicted octanol–water partition coefficient (Wildman–Crippen LogP) is 4.25. The molecule has 1 aliphatic heterocycles. The van der Waals surface area contributed by atoms with E-state index in [0.717, 1.165) is 18.5 Å². The molecule has 1 atom stereocenters. The van der Waals surface area contributed by atoms with Crippen molar-refractivity contribution in [1.29, 1.82) is 0 Å². The summed E-state index contributed by atoms with van der Waals surface area (Å²) >= 11 is 6.04. The summed E-state index contributed by atoms with van der Waals surface area (Å²) in [6.07, 6.45) is 4.39. The Balaban J connectivity index is 1.52. The molecule has 4 rings (SSSR count). The molecule has 0 amide bonds. The number of aromatic nitrogens is 3. The third kappa shape index (κ3) is 3.61. The van der Waals surface area contributed by atoms with Crippen LogP contribution in [-0.4, -0.2) is 33.1 Å². The van der Waals surface area contributed by atoms with Crippen LogP contribution in [0.4, 0.5) is 4.39 Å². The normalized spacial score (nSPS) is 21.0. The van der Waals surface area contributed by atoms with Gasteiger partial charge in [-0.2, -0.15) is 4.98 Å². The number of nitrogens with zero attached hydrogens (tertiary/aromatic N) is 4. The number of likely N-dealkylation sites (tertiary alicyclic amines) is 1. The van der Waals surface area contributed by atoms with Gasteiger partial charge in [0.2, 0.25) is 11.5 Å². The number of piperidine rings is 1. The number of hydrogen-bond acceptors (Lipinski definition) is 5. The fourth-order valence-electron chi connectivity index (χ4n) is 3.32. The van der Waals surface area contributed by atoms with E-state index in [1.165, 1.54) is 0 Å². The van der Waals surface area contributed by atoms with Gasteiger partial charge in [0.15, 0.2) is 0 Å². The smallest absolute Gasteiger partial charge is 0.265 e. The lowest BCUT2D eigenvalue weighted by atomic mass is 9.94. The molecule has 0 N–H and O–H groups in total. The zero-order chi connectivity index (χ0) is 18.0. The van der Waals surface area contributed by atoms with Crippen LogP contribution in [0.1, 0.15) is 24.3 Å². The number of halogens is 2. The van der Waals surface area contributed by atoms with Gasteiger partial charge in [-0.25, -0.2) is 4.39 Å². The van der Waals surface area contributed by atoms with Crippen molar-refractivity contribution in [3.8, 4) is 11.4 Å². The van der Waals surface area contributed by atoms with Gasteiger partial charge in [-0.1, -0.05) is 28.9 Å². The van der Waals surface area contributed by atoms with Crippen LogP contribution in [0.3, 0.4) is 0 Å². The molecule has 134 valence electrons. The van der Waals surface area contributed by atoms with E-state index in [1.807, 2.05) is 30.3 Å². The molecule has 1 aliphatic rings. The van der Waals surface area contributed by atoms with E-state index in [-0.39, 0.29) is 12.4 Å². The molecular formula is C19H18ClFN4O. The minimum Gasteiger partial charge on any atom is -0.335 e. The first kappa shape index (κ1) is 17.1. The zero-order valence-electron chi connectivity index (χ0n) is 14.1. The SMILES string of the molecule is FC1(c2nc(-c3cccnc3)no2)CCCN(Cc2cccc(Cl)c2)C1. The van der Waals surface area contributed by atoms with Crippen LogP contribution in [-0.2, 0) is 12.2 Å². The lowest BCUT2D eigenvalue weighted by molar-refractivity contribution is 0.0124. The second-order valence-corrected chi connectivity index (χ2v) is 7.01. The Labute approximate surface area is 155 Å². The molecule has 1 unspecified atom stereocenters. The molecule has 0 radical (unpaired) electrons. The monoisotopic (exact) mass is 372 g/mol. The molecule has 3 aromatic rings. The Kier molecular flexibility index (Phi) is 4.70. The van der Waals surface area contributed by atoms with E-state index >= 15 is 4.39 Å². The van der Waals surface area contributed by atoms with Crippen molar-refractivity contribution in [3.05, 3.63) is 65.3 Å². The summed E-state index contributed by atoms with van der Waals surface area (Å²) in [6.45, 7) is 1.67. The van der Waals surface area contributed by atoms with E-state index in [4.69, 9.17) is 16.1 Å². The van der Waals surface area contributed by atoms with Crippen LogP contribution >= 0.6 is 11.6 Å². The first-order chi connectivity index (χ1) is 12.6. The van der Waals surface area contributed by atoms with Crippen LogP contribution in [0.25, 0.3) is 11.4 Å². The number of pyridine rings is 1. The highest BCUT2D eigenvalue weighted by molar-refractivity contribution is 6.30. The molecule has 7 heteroatoms. The summed E-state index contributed by atoms with van der Waals surface area (Å²) in [7, 11) is 0. The highest BCUT2D eigenvalue weighted by Gasteiger charge is 2.42. The lowest BCUT2D eigenvalue weighted by Crippen LogP contribution is -2.43. The number of benzene rings is 1. The molecule has 5 nitrogen and oxygen atoms in total. The minimum atomic E-state index is -1.65. The van der Waals surface area contributed by atoms with Crippen LogP contribution in [0.15, 0.2) is 53.3 Å². The van der Waals surface area contributed by atoms with Gasteiger partial charge in [-0.05, 0) is 49.2 Å². The second kappa shape index (κ2) is 7.13. The number of alkyl halides is 1. The van der Waals surface area contributed by atoms with E-state index in [2.05, 4.69) is 20.0 Å². The summed E-state index contributed by atoms with van der Waals surface area (Å²) in [6, 6.07) is 11.2. The molecule has 0 bridgehead atoms. The van der Waals surface area contributed by atoms with Crippen molar-refractivity contribution in [2.24, 2.45) is 0 Å². The zero-order valence-corrected chi connectivity index (χ0v) is 14.9. The summed E-state index contributed by atoms with van der Waals surface area (Å²) in [4.78, 5) is 10.4. The summed E-state index contributed by atoms with van der Waals surface area (Å²) in [5.74, 6) is 0.393. The van der Waals surface area contributed by atoms with Crippen molar-refractivity contribution in [2.75, 3.05) is 13.1 Å². The topological polar surface area (TPSA) is 55.1 Å². The van der Waals surface area contributed by atoms with Crippen molar-refractivity contribution in [1.82, 2.24) is 20.0 Å². The van der Waals surface area contributed by atoms with Crippen molar-refractivity contribution in [2.45, 2.75) is 25.1 Å². The largest absolute Gasteiger partial charge is 0.335 e. The van der Waals surface area contributed by atoms with E-state index in [0.29, 0.717) is 29.4 Å². The molecule has 3 heterocycles. The second-order valence-electron chi connectivity index (χ2n) is 6.57. The van der Waals surface area contributed by atoms with E-state index in [9.17, 15) is 0 Å². The Morgan fingerprint density at radius 1 is 1.27 bits per heavy atom. The first-order valence-electron chi connectivity index (χ1n) is 8.53. The Hall–Kier alpha value is -2.31. The molecule has 0 saturated carbocycles. The summed E-state index contributed by atoms with van der Waals surface area (Å²) in [5, 5.41) is 4.61. The van der Waals surface area contributed by atoms with Gasteiger partial charge in [0.1, 0.15) is 0 Å². The summed E-state index contributed by atoms with van der Waals surface area (Å²) in [5.41, 5.74) is 0.116. The quantitative estimate of drug-likeness (QED) is 0.685. The Bertz CT molecular complexity index is 888. The van der Waals surface area contributed by atoms with E-state index in [1.54, 1.807) is 18.5 Å². The van der Waals surface area contributed by atoms with Gasteiger partial charge in [0, 0.05) is 36.1 Å². The average Bonchev–Trinajstić information content (AvgIpc) is 3.14. The number of hydrogen-bond donors (Lipinski definition) is 0. The van der Waals surface area contributed by atoms with Gasteiger partial charge in [-0.15, -0.1) is 0 Å². The van der Waals surface area contributed by atoms with Gasteiger partial charge in [-0.3, -0.25) is 9.88 Å². The molecule has 2 aromatic heterocycles. The molecular weight excluding hydrogens is 355 g/mol. The van der Waals surface area contributed by atoms with Crippen LogP contribution in [0, 0.1) is 0 Å². The van der Waals surface area contributed by atoms with Gasteiger partial charge < -0.3 is 4.52 Å². The average molecular weight is 373 g/mol. The highest BCUT2D eigenvalue weighted by atomic mass is 35.5. The highest BCUT2D eigenvalue weighted by Crippen LogP contribution is 2.36. The van der Waals surface area contributed by atoms with E-state index < -0.39 is 5.67 Å². The predicted molar refractivity (Wildman–Crippen MR) is 96.3 cm³/mol. The standard InChI is InChI=1S/C19H18ClFN4O/c20-16-6-1-4-14(10-16)12-25-9-3-7-19(21,13-25)18-23-17(24-26-18)15-5-2-8-22-11-15/h1-2,4-6,8,10-11H,3,7,9,12-13H2. The maximum absolute atomic E-state index is 15.6. The lowest BCUT2D eigenvalue weighted by Gasteiger charge is -2.35. The van der Waals surface area contributed by atoms with Crippen molar-refractivity contribution < 1.29 is 8.91 Å². The van der Waals surface area contributed by atoms with Crippen molar-refractivity contribution >= 4 is 11.6 Å².